The van der Waals surface area contributed by atoms with Gasteiger partial charge in [-0.25, -0.2) is 4.98 Å². The molecule has 2 rings (SSSR count). The van der Waals surface area contributed by atoms with E-state index in [1.165, 1.54) is 0 Å². The van der Waals surface area contributed by atoms with Crippen molar-refractivity contribution in [3.8, 4) is 0 Å². The van der Waals surface area contributed by atoms with Crippen molar-refractivity contribution in [1.29, 1.82) is 0 Å². The van der Waals surface area contributed by atoms with Crippen LogP contribution in [0.4, 0.5) is 0 Å². The summed E-state index contributed by atoms with van der Waals surface area (Å²) in [5.74, 6) is -0.0190. The first-order valence-corrected chi connectivity index (χ1v) is 8.11. The molecule has 5 nitrogen and oxygen atoms in total. The zero-order valence-electron chi connectivity index (χ0n) is 14.3. The highest BCUT2D eigenvalue weighted by Crippen LogP contribution is 2.50. The molecule has 2 unspecified atom stereocenters. The van der Waals surface area contributed by atoms with E-state index in [9.17, 15) is 4.79 Å². The third-order valence-electron chi connectivity index (χ3n) is 4.62. The van der Waals surface area contributed by atoms with Gasteiger partial charge in [-0.05, 0) is 13.8 Å². The molecule has 2 N–H and O–H groups in total. The molecule has 1 aliphatic carbocycles. The Morgan fingerprint density at radius 3 is 2.57 bits per heavy atom. The smallest absolute Gasteiger partial charge is 0.243 e. The largest absolute Gasteiger partial charge is 0.378 e. The molecule has 0 saturated heterocycles. The molecule has 1 aromatic heterocycles. The molecule has 134 valence electrons. The number of aryl methyl sites for hydroxylation is 1. The lowest BCUT2D eigenvalue weighted by atomic mass is 9.54. The molecule has 0 aliphatic heterocycles. The summed E-state index contributed by atoms with van der Waals surface area (Å²) >= 11 is 1.61. The van der Waals surface area contributed by atoms with Crippen LogP contribution in [0.5, 0.6) is 0 Å². The summed E-state index contributed by atoms with van der Waals surface area (Å²) in [7, 11) is 1.80. The van der Waals surface area contributed by atoms with Crippen molar-refractivity contribution >= 4 is 42.1 Å². The maximum absolute atomic E-state index is 12.8. The van der Waals surface area contributed by atoms with Gasteiger partial charge in [0, 0.05) is 36.6 Å². The number of hydrogen-bond acceptors (Lipinski definition) is 5. The standard InChI is InChI=1S/C15H25N3O2S.2ClH/c1-6-20-12-7-15(16,14(12,3)4)13(19)18(5)9-11-8-17-10(2)21-11;;/h8,12H,6-7,9,16H2,1-5H3;2*1H. The highest BCUT2D eigenvalue weighted by Gasteiger charge is 2.63. The van der Waals surface area contributed by atoms with Gasteiger partial charge in [0.2, 0.25) is 5.91 Å². The van der Waals surface area contributed by atoms with Crippen molar-refractivity contribution in [3.63, 3.8) is 0 Å². The fourth-order valence-electron chi connectivity index (χ4n) is 2.92. The maximum atomic E-state index is 12.8. The summed E-state index contributed by atoms with van der Waals surface area (Å²) < 4.78 is 5.68. The van der Waals surface area contributed by atoms with Crippen molar-refractivity contribution in [2.75, 3.05) is 13.7 Å². The first-order valence-electron chi connectivity index (χ1n) is 7.29. The molecular formula is C15H27Cl2N3O2S. The SMILES string of the molecule is CCOC1CC(N)(C(=O)N(C)Cc2cnc(C)s2)C1(C)C.Cl.Cl. The van der Waals surface area contributed by atoms with Crippen LogP contribution >= 0.6 is 36.2 Å². The summed E-state index contributed by atoms with van der Waals surface area (Å²) in [5.41, 5.74) is 5.23. The van der Waals surface area contributed by atoms with Crippen LogP contribution < -0.4 is 5.73 Å². The lowest BCUT2D eigenvalue weighted by Crippen LogP contribution is -2.75. The molecule has 0 spiro atoms. The summed E-state index contributed by atoms with van der Waals surface area (Å²) in [5, 5.41) is 1.01. The summed E-state index contributed by atoms with van der Waals surface area (Å²) in [6.07, 6.45) is 2.45. The van der Waals surface area contributed by atoms with Crippen molar-refractivity contribution in [2.24, 2.45) is 11.1 Å². The van der Waals surface area contributed by atoms with Crippen LogP contribution in [0.15, 0.2) is 6.20 Å². The lowest BCUT2D eigenvalue weighted by Gasteiger charge is -2.58. The number of hydrogen-bond donors (Lipinski definition) is 1. The molecule has 8 heteroatoms. The Labute approximate surface area is 154 Å². The van der Waals surface area contributed by atoms with Gasteiger partial charge in [0.05, 0.1) is 17.7 Å². The quantitative estimate of drug-likeness (QED) is 0.848. The van der Waals surface area contributed by atoms with Crippen molar-refractivity contribution in [2.45, 2.75) is 52.3 Å². The van der Waals surface area contributed by atoms with Gasteiger partial charge in [-0.1, -0.05) is 13.8 Å². The average Bonchev–Trinajstić information content (AvgIpc) is 2.82. The second kappa shape index (κ2) is 8.12. The third-order valence-corrected chi connectivity index (χ3v) is 5.52. The zero-order valence-corrected chi connectivity index (χ0v) is 16.7. The van der Waals surface area contributed by atoms with Crippen LogP contribution in [-0.4, -0.2) is 41.1 Å². The molecule has 1 aliphatic rings. The Morgan fingerprint density at radius 2 is 2.13 bits per heavy atom. The summed E-state index contributed by atoms with van der Waals surface area (Å²) in [6.45, 7) is 9.15. The Balaban J connectivity index is 0.00000242. The normalized spacial score (nSPS) is 24.9. The number of carbonyl (C=O) groups excluding carboxylic acids is 1. The average molecular weight is 384 g/mol. The van der Waals surface area contributed by atoms with E-state index in [4.69, 9.17) is 10.5 Å². The maximum Gasteiger partial charge on any atom is 0.243 e. The number of likely N-dealkylation sites (N-methyl/N-ethyl adjacent to an activating group) is 1. The molecule has 1 amide bonds. The Morgan fingerprint density at radius 1 is 1.52 bits per heavy atom. The number of ether oxygens (including phenoxy) is 1. The van der Waals surface area contributed by atoms with Gasteiger partial charge in [-0.2, -0.15) is 0 Å². The molecule has 0 bridgehead atoms. The van der Waals surface area contributed by atoms with Crippen molar-refractivity contribution < 1.29 is 9.53 Å². The second-order valence-electron chi connectivity index (χ2n) is 6.35. The number of amides is 1. The van der Waals surface area contributed by atoms with Gasteiger partial charge in [-0.15, -0.1) is 36.2 Å². The number of halogens is 2. The number of thiazole rings is 1. The van der Waals surface area contributed by atoms with Crippen LogP contribution in [0.2, 0.25) is 0 Å². The Bertz CT molecular complexity index is 539. The van der Waals surface area contributed by atoms with E-state index < -0.39 is 5.54 Å². The van der Waals surface area contributed by atoms with E-state index in [2.05, 4.69) is 4.98 Å². The van der Waals surface area contributed by atoms with Gasteiger partial charge in [0.1, 0.15) is 5.54 Å². The van der Waals surface area contributed by atoms with E-state index in [-0.39, 0.29) is 42.2 Å². The molecule has 0 aromatic carbocycles. The first-order chi connectivity index (χ1) is 9.72. The van der Waals surface area contributed by atoms with Gasteiger partial charge in [0.15, 0.2) is 0 Å². The summed E-state index contributed by atoms with van der Waals surface area (Å²) in [4.78, 5) is 19.8. The van der Waals surface area contributed by atoms with Crippen LogP contribution in [0.3, 0.4) is 0 Å². The monoisotopic (exact) mass is 383 g/mol. The second-order valence-corrected chi connectivity index (χ2v) is 7.67. The number of carbonyl (C=O) groups is 1. The topological polar surface area (TPSA) is 68.5 Å². The Hall–Kier alpha value is -0.400. The minimum Gasteiger partial charge on any atom is -0.378 e. The van der Waals surface area contributed by atoms with Crippen LogP contribution in [-0.2, 0) is 16.1 Å². The molecule has 1 fully saturated rings. The predicted molar refractivity (Wildman–Crippen MR) is 98.6 cm³/mol. The predicted octanol–water partition coefficient (Wildman–Crippen LogP) is 2.79. The van der Waals surface area contributed by atoms with Gasteiger partial charge >= 0.3 is 0 Å². The van der Waals surface area contributed by atoms with E-state index in [0.29, 0.717) is 19.6 Å². The molecule has 1 heterocycles. The van der Waals surface area contributed by atoms with Crippen LogP contribution in [0.25, 0.3) is 0 Å². The summed E-state index contributed by atoms with van der Waals surface area (Å²) in [6, 6.07) is 0. The van der Waals surface area contributed by atoms with E-state index in [1.54, 1.807) is 23.3 Å². The molecule has 23 heavy (non-hydrogen) atoms. The van der Waals surface area contributed by atoms with Crippen molar-refractivity contribution in [1.82, 2.24) is 9.88 Å². The van der Waals surface area contributed by atoms with Gasteiger partial charge in [0.25, 0.3) is 0 Å². The minimum absolute atomic E-state index is 0. The lowest BCUT2D eigenvalue weighted by molar-refractivity contribution is -0.178. The highest BCUT2D eigenvalue weighted by molar-refractivity contribution is 7.11. The van der Waals surface area contributed by atoms with Crippen LogP contribution in [0, 0.1) is 12.3 Å². The minimum atomic E-state index is -0.846. The van der Waals surface area contributed by atoms with E-state index in [1.807, 2.05) is 33.9 Å². The Kier molecular flexibility index (Phi) is 7.98. The van der Waals surface area contributed by atoms with Crippen molar-refractivity contribution in [3.05, 3.63) is 16.1 Å². The highest BCUT2D eigenvalue weighted by atomic mass is 35.5. The van der Waals surface area contributed by atoms with Gasteiger partial charge < -0.3 is 15.4 Å². The van der Waals surface area contributed by atoms with E-state index >= 15 is 0 Å². The molecule has 0 radical (unpaired) electrons. The van der Waals surface area contributed by atoms with E-state index in [0.717, 1.165) is 9.88 Å². The molecular weight excluding hydrogens is 357 g/mol. The number of nitrogens with two attached hydrogens (primary N) is 1. The first kappa shape index (κ1) is 22.6. The number of rotatable bonds is 5. The zero-order chi connectivity index (χ0) is 15.8. The molecule has 2 atom stereocenters. The fraction of sp³-hybridized carbons (Fsp3) is 0.733. The third kappa shape index (κ3) is 3.99. The van der Waals surface area contributed by atoms with Crippen LogP contribution in [0.1, 0.15) is 37.1 Å². The fourth-order valence-corrected chi connectivity index (χ4v) is 3.77. The van der Waals surface area contributed by atoms with Gasteiger partial charge in [-0.3, -0.25) is 4.79 Å². The molecule has 1 saturated carbocycles. The molecule has 1 aromatic rings. The number of nitrogens with zero attached hydrogens (tertiary/aromatic N) is 2. The number of aromatic nitrogens is 1.